The van der Waals surface area contributed by atoms with Crippen molar-refractivity contribution in [3.8, 4) is 17.0 Å². The van der Waals surface area contributed by atoms with Crippen LogP contribution >= 0.6 is 27.5 Å². The summed E-state index contributed by atoms with van der Waals surface area (Å²) >= 11 is 9.63. The van der Waals surface area contributed by atoms with Gasteiger partial charge in [0, 0.05) is 26.0 Å². The Hall–Kier alpha value is -2.37. The Balaban J connectivity index is 2.45. The van der Waals surface area contributed by atoms with E-state index in [1.165, 1.54) is 7.11 Å². The number of carbonyl (C=O) groups is 1. The second-order valence-electron chi connectivity index (χ2n) is 6.18. The fraction of sp³-hybridized carbons (Fsp3) is 0.182. The van der Waals surface area contributed by atoms with Crippen molar-refractivity contribution in [2.45, 2.75) is 12.3 Å². The van der Waals surface area contributed by atoms with Gasteiger partial charge in [0.25, 0.3) is 0 Å². The maximum atomic E-state index is 12.6. The van der Waals surface area contributed by atoms with E-state index in [1.807, 2.05) is 42.5 Å². The Bertz CT molecular complexity index is 1030. The first-order valence-electron chi connectivity index (χ1n) is 8.62. The van der Waals surface area contributed by atoms with Crippen LogP contribution in [0.1, 0.15) is 17.9 Å². The van der Waals surface area contributed by atoms with E-state index in [0.29, 0.717) is 22.9 Å². The highest BCUT2D eigenvalue weighted by atomic mass is 79.9. The minimum absolute atomic E-state index is 0.371. The van der Waals surface area contributed by atoms with Crippen molar-refractivity contribution in [3.63, 3.8) is 0 Å². The molecular formula is C22H19BrClNO3. The summed E-state index contributed by atoms with van der Waals surface area (Å²) in [5.41, 5.74) is 3.19. The summed E-state index contributed by atoms with van der Waals surface area (Å²) in [6.07, 6.45) is 2.09. The number of pyridine rings is 1. The molecule has 3 rings (SSSR count). The zero-order valence-electron chi connectivity index (χ0n) is 15.5. The molecule has 0 radical (unpaired) electrons. The second kappa shape index (κ2) is 8.76. The summed E-state index contributed by atoms with van der Waals surface area (Å²) in [7, 11) is 2.92. The van der Waals surface area contributed by atoms with Crippen molar-refractivity contribution in [3.05, 3.63) is 70.2 Å². The van der Waals surface area contributed by atoms with E-state index in [1.54, 1.807) is 13.2 Å². The predicted molar refractivity (Wildman–Crippen MR) is 116 cm³/mol. The van der Waals surface area contributed by atoms with Gasteiger partial charge in [-0.05, 0) is 42.3 Å². The molecule has 1 unspecified atom stereocenters. The minimum atomic E-state index is -0.598. The number of aromatic nitrogens is 1. The van der Waals surface area contributed by atoms with Gasteiger partial charge in [-0.2, -0.15) is 0 Å². The molecule has 0 saturated carbocycles. The number of ether oxygens (including phenoxy) is 2. The smallest absolute Gasteiger partial charge is 0.313 e. The molecule has 3 aromatic rings. The lowest BCUT2D eigenvalue weighted by Gasteiger charge is -2.22. The largest absolute Gasteiger partial charge is 0.481 e. The number of halogens is 2. The number of nitrogens with zero attached hydrogens (tertiary/aromatic N) is 1. The monoisotopic (exact) mass is 459 g/mol. The Morgan fingerprint density at radius 1 is 1.25 bits per heavy atom. The first-order valence-corrected chi connectivity index (χ1v) is 9.79. The zero-order valence-corrected chi connectivity index (χ0v) is 17.9. The maximum absolute atomic E-state index is 12.6. The van der Waals surface area contributed by atoms with Crippen LogP contribution in [0.2, 0.25) is 5.02 Å². The molecule has 1 aromatic heterocycles. The second-order valence-corrected chi connectivity index (χ2v) is 7.53. The molecule has 1 heterocycles. The molecule has 0 N–H and O–H groups in total. The molecule has 0 saturated heterocycles. The highest BCUT2D eigenvalue weighted by Crippen LogP contribution is 2.43. The summed E-state index contributed by atoms with van der Waals surface area (Å²) in [5, 5.41) is 1.53. The number of hydrogen-bond donors (Lipinski definition) is 0. The van der Waals surface area contributed by atoms with Gasteiger partial charge in [-0.15, -0.1) is 6.58 Å². The van der Waals surface area contributed by atoms with Gasteiger partial charge in [0.2, 0.25) is 5.88 Å². The van der Waals surface area contributed by atoms with Crippen LogP contribution in [0.25, 0.3) is 22.0 Å². The van der Waals surface area contributed by atoms with Crippen molar-refractivity contribution in [2.24, 2.45) is 0 Å². The molecule has 0 bridgehead atoms. The number of fused-ring (bicyclic) bond motifs is 1. The summed E-state index contributed by atoms with van der Waals surface area (Å²) in [6, 6.07) is 13.3. The zero-order chi connectivity index (χ0) is 20.3. The van der Waals surface area contributed by atoms with Crippen molar-refractivity contribution < 1.29 is 14.3 Å². The molecule has 0 aliphatic carbocycles. The first-order chi connectivity index (χ1) is 13.5. The van der Waals surface area contributed by atoms with Crippen LogP contribution in [-0.2, 0) is 9.53 Å². The number of hydrogen-bond acceptors (Lipinski definition) is 4. The van der Waals surface area contributed by atoms with Crippen molar-refractivity contribution in [1.82, 2.24) is 4.98 Å². The minimum Gasteiger partial charge on any atom is -0.481 e. The van der Waals surface area contributed by atoms with E-state index in [4.69, 9.17) is 21.1 Å². The van der Waals surface area contributed by atoms with E-state index in [-0.39, 0.29) is 5.97 Å². The van der Waals surface area contributed by atoms with Gasteiger partial charge in [-0.1, -0.05) is 45.7 Å². The van der Waals surface area contributed by atoms with Gasteiger partial charge in [0.1, 0.15) is 0 Å². The van der Waals surface area contributed by atoms with Crippen LogP contribution in [0.15, 0.2) is 59.6 Å². The molecule has 4 nitrogen and oxygen atoms in total. The fourth-order valence-corrected chi connectivity index (χ4v) is 3.76. The fourth-order valence-electron chi connectivity index (χ4n) is 3.27. The van der Waals surface area contributed by atoms with Gasteiger partial charge in [0.05, 0.1) is 25.7 Å². The van der Waals surface area contributed by atoms with Crippen LogP contribution in [0.4, 0.5) is 0 Å². The van der Waals surface area contributed by atoms with Gasteiger partial charge in [-0.3, -0.25) is 4.79 Å². The average Bonchev–Trinajstić information content (AvgIpc) is 2.71. The predicted octanol–water partition coefficient (Wildman–Crippen LogP) is 6.16. The maximum Gasteiger partial charge on any atom is 0.313 e. The summed E-state index contributed by atoms with van der Waals surface area (Å²) in [5.74, 6) is -0.583. The van der Waals surface area contributed by atoms with Crippen molar-refractivity contribution in [1.29, 1.82) is 0 Å². The first kappa shape index (κ1) is 20.4. The van der Waals surface area contributed by atoms with Crippen molar-refractivity contribution >= 4 is 44.4 Å². The SMILES string of the molecule is C=CCC(C(=O)OC)c1c(OC)nc2ccc(Br)cc2c1-c1ccc(Cl)cc1. The molecule has 6 heteroatoms. The van der Waals surface area contributed by atoms with E-state index in [9.17, 15) is 4.79 Å². The lowest BCUT2D eigenvalue weighted by Crippen LogP contribution is -2.16. The normalized spacial score (nSPS) is 11.9. The summed E-state index contributed by atoms with van der Waals surface area (Å²) < 4.78 is 11.6. The van der Waals surface area contributed by atoms with Gasteiger partial charge in [0.15, 0.2) is 0 Å². The third-order valence-electron chi connectivity index (χ3n) is 4.51. The van der Waals surface area contributed by atoms with Gasteiger partial charge in [-0.25, -0.2) is 4.98 Å². The molecule has 144 valence electrons. The molecule has 28 heavy (non-hydrogen) atoms. The molecule has 0 spiro atoms. The highest BCUT2D eigenvalue weighted by Gasteiger charge is 2.30. The number of methoxy groups -OCH3 is 2. The van der Waals surface area contributed by atoms with Gasteiger partial charge < -0.3 is 9.47 Å². The molecular weight excluding hydrogens is 442 g/mol. The van der Waals surface area contributed by atoms with Crippen LogP contribution in [0.5, 0.6) is 5.88 Å². The van der Waals surface area contributed by atoms with E-state index in [2.05, 4.69) is 27.5 Å². The van der Waals surface area contributed by atoms with Crippen LogP contribution < -0.4 is 4.74 Å². The van der Waals surface area contributed by atoms with Crippen LogP contribution in [-0.4, -0.2) is 25.2 Å². The Morgan fingerprint density at radius 2 is 1.96 bits per heavy atom. The van der Waals surface area contributed by atoms with Crippen molar-refractivity contribution in [2.75, 3.05) is 14.2 Å². The summed E-state index contributed by atoms with van der Waals surface area (Å²) in [4.78, 5) is 17.3. The Labute approximate surface area is 177 Å². The lowest BCUT2D eigenvalue weighted by atomic mass is 9.87. The topological polar surface area (TPSA) is 48.4 Å². The Morgan fingerprint density at radius 3 is 2.57 bits per heavy atom. The molecule has 0 fully saturated rings. The number of benzene rings is 2. The standard InChI is InChI=1S/C22H19BrClNO3/c1-4-5-16(22(26)28-3)20-19(13-6-9-15(24)10-7-13)17-12-14(23)8-11-18(17)25-21(20)27-2/h4,6-12,16H,1,5H2,2-3H3. The third kappa shape index (κ3) is 3.91. The number of rotatable bonds is 6. The van der Waals surface area contributed by atoms with Gasteiger partial charge >= 0.3 is 5.97 Å². The summed E-state index contributed by atoms with van der Waals surface area (Å²) in [6.45, 7) is 3.79. The molecule has 2 aromatic carbocycles. The number of esters is 1. The molecule has 1 atom stereocenters. The molecule has 0 aliphatic heterocycles. The van der Waals surface area contributed by atoms with E-state index in [0.717, 1.165) is 26.5 Å². The van der Waals surface area contributed by atoms with Crippen LogP contribution in [0, 0.1) is 0 Å². The Kier molecular flexibility index (Phi) is 6.37. The third-order valence-corrected chi connectivity index (χ3v) is 5.26. The number of carbonyl (C=O) groups excluding carboxylic acids is 1. The average molecular weight is 461 g/mol. The highest BCUT2D eigenvalue weighted by molar-refractivity contribution is 9.10. The molecule has 0 aliphatic rings. The quantitative estimate of drug-likeness (QED) is 0.326. The van der Waals surface area contributed by atoms with E-state index >= 15 is 0 Å². The molecule has 0 amide bonds. The van der Waals surface area contributed by atoms with E-state index < -0.39 is 5.92 Å². The number of allylic oxidation sites excluding steroid dienone is 1. The van der Waals surface area contributed by atoms with Crippen LogP contribution in [0.3, 0.4) is 0 Å². The lowest BCUT2D eigenvalue weighted by molar-refractivity contribution is -0.142.